The van der Waals surface area contributed by atoms with E-state index in [1.54, 1.807) is 0 Å². The Balaban J connectivity index is 1.50. The molecule has 0 aliphatic carbocycles. The maximum absolute atomic E-state index is 12.8. The molecule has 2 aromatic carbocycles. The van der Waals surface area contributed by atoms with Crippen LogP contribution >= 0.6 is 0 Å². The molecule has 0 aliphatic heterocycles. The fourth-order valence-corrected chi connectivity index (χ4v) is 2.05. The number of furan rings is 1. The number of amides is 1. The quantitative estimate of drug-likeness (QED) is 0.683. The molecule has 0 spiro atoms. The molecular formula is C18H15FN2O3. The molecule has 2 N–H and O–H groups in total. The third kappa shape index (κ3) is 3.73. The predicted molar refractivity (Wildman–Crippen MR) is 88.4 cm³/mol. The van der Waals surface area contributed by atoms with Crippen LogP contribution in [0.1, 0.15) is 5.76 Å². The van der Waals surface area contributed by atoms with Gasteiger partial charge in [0.25, 0.3) is 5.91 Å². The fourth-order valence-electron chi connectivity index (χ4n) is 2.05. The second-order valence-corrected chi connectivity index (χ2v) is 5.04. The van der Waals surface area contributed by atoms with Crippen LogP contribution in [0.2, 0.25) is 0 Å². The zero-order valence-corrected chi connectivity index (χ0v) is 12.7. The van der Waals surface area contributed by atoms with Gasteiger partial charge in [0.1, 0.15) is 17.1 Å². The van der Waals surface area contributed by atoms with E-state index in [0.717, 1.165) is 11.0 Å². The van der Waals surface area contributed by atoms with Crippen LogP contribution in [0, 0.1) is 5.82 Å². The summed E-state index contributed by atoms with van der Waals surface area (Å²) in [5.74, 6) is 0.158. The molecule has 0 atom stereocenters. The number of nitrogens with one attached hydrogen (secondary N) is 2. The highest BCUT2D eigenvalue weighted by Gasteiger charge is 2.08. The van der Waals surface area contributed by atoms with Gasteiger partial charge in [-0.25, -0.2) is 4.39 Å². The van der Waals surface area contributed by atoms with Crippen LogP contribution in [0.25, 0.3) is 16.7 Å². The minimum absolute atomic E-state index is 0.216. The van der Waals surface area contributed by atoms with E-state index in [1.165, 1.54) is 24.3 Å². The van der Waals surface area contributed by atoms with Crippen LogP contribution in [0.15, 0.2) is 65.6 Å². The van der Waals surface area contributed by atoms with E-state index in [0.29, 0.717) is 17.2 Å². The smallest absolute Gasteiger partial charge is 0.276 e. The van der Waals surface area contributed by atoms with Crippen molar-refractivity contribution in [2.75, 3.05) is 6.61 Å². The van der Waals surface area contributed by atoms with Crippen molar-refractivity contribution in [2.24, 2.45) is 0 Å². The molecule has 0 unspecified atom stereocenters. The molecule has 0 saturated carbocycles. The van der Waals surface area contributed by atoms with Crippen molar-refractivity contribution in [3.05, 3.63) is 72.8 Å². The van der Waals surface area contributed by atoms with Gasteiger partial charge in [0.05, 0.1) is 5.70 Å². The molecule has 24 heavy (non-hydrogen) atoms. The third-order valence-electron chi connectivity index (χ3n) is 3.26. The molecule has 0 fully saturated rings. The molecule has 1 heterocycles. The first-order valence-electron chi connectivity index (χ1n) is 7.23. The fraction of sp³-hybridized carbons (Fsp3) is 0.0556. The molecule has 0 bridgehead atoms. The predicted octanol–water partition coefficient (Wildman–Crippen LogP) is 3.24. The number of hydrogen-bond acceptors (Lipinski definition) is 4. The van der Waals surface area contributed by atoms with Gasteiger partial charge in [-0.3, -0.25) is 15.6 Å². The van der Waals surface area contributed by atoms with Crippen molar-refractivity contribution in [1.29, 1.82) is 0 Å². The summed E-state index contributed by atoms with van der Waals surface area (Å²) in [6.07, 6.45) is 0. The maximum atomic E-state index is 12.8. The van der Waals surface area contributed by atoms with Crippen molar-refractivity contribution in [2.45, 2.75) is 0 Å². The molecule has 0 aliphatic rings. The van der Waals surface area contributed by atoms with Crippen LogP contribution < -0.4 is 15.6 Å². The van der Waals surface area contributed by atoms with E-state index in [2.05, 4.69) is 17.4 Å². The Kier molecular flexibility index (Phi) is 4.47. The van der Waals surface area contributed by atoms with Crippen LogP contribution in [0.4, 0.5) is 4.39 Å². The molecule has 0 saturated heterocycles. The molecule has 0 radical (unpaired) electrons. The minimum Gasteiger partial charge on any atom is -0.484 e. The van der Waals surface area contributed by atoms with Gasteiger partial charge in [-0.15, -0.1) is 0 Å². The molecule has 122 valence electrons. The second-order valence-electron chi connectivity index (χ2n) is 5.04. The summed E-state index contributed by atoms with van der Waals surface area (Å²) in [5, 5.41) is 0.946. The van der Waals surface area contributed by atoms with Crippen LogP contribution in [-0.4, -0.2) is 12.5 Å². The molecule has 6 heteroatoms. The molecule has 1 aromatic heterocycles. The van der Waals surface area contributed by atoms with Crippen molar-refractivity contribution >= 4 is 22.6 Å². The number of carbonyl (C=O) groups excluding carboxylic acids is 1. The highest BCUT2D eigenvalue weighted by Crippen LogP contribution is 2.22. The van der Waals surface area contributed by atoms with Crippen molar-refractivity contribution < 1.29 is 18.3 Å². The summed E-state index contributed by atoms with van der Waals surface area (Å²) in [6.45, 7) is 3.60. The van der Waals surface area contributed by atoms with Gasteiger partial charge in [0.2, 0.25) is 0 Å². The molecule has 5 nitrogen and oxygen atoms in total. The number of carbonyl (C=O) groups is 1. The van der Waals surface area contributed by atoms with Gasteiger partial charge in [-0.2, -0.15) is 0 Å². The van der Waals surface area contributed by atoms with Crippen LogP contribution in [0.5, 0.6) is 5.75 Å². The summed E-state index contributed by atoms with van der Waals surface area (Å²) in [5.41, 5.74) is 6.29. The van der Waals surface area contributed by atoms with E-state index < -0.39 is 5.91 Å². The first-order valence-corrected chi connectivity index (χ1v) is 7.23. The zero-order chi connectivity index (χ0) is 16.9. The van der Waals surface area contributed by atoms with Crippen molar-refractivity contribution in [3.8, 4) is 5.75 Å². The number of ether oxygens (including phenoxy) is 1. The van der Waals surface area contributed by atoms with Crippen LogP contribution in [0.3, 0.4) is 0 Å². The highest BCUT2D eigenvalue weighted by atomic mass is 19.1. The van der Waals surface area contributed by atoms with Gasteiger partial charge >= 0.3 is 0 Å². The number of rotatable bonds is 6. The lowest BCUT2D eigenvalue weighted by Crippen LogP contribution is -2.38. The number of fused-ring (bicyclic) bond motifs is 1. The largest absolute Gasteiger partial charge is 0.484 e. The Morgan fingerprint density at radius 2 is 1.88 bits per heavy atom. The zero-order valence-electron chi connectivity index (χ0n) is 12.7. The van der Waals surface area contributed by atoms with Gasteiger partial charge in [-0.05, 0) is 36.4 Å². The van der Waals surface area contributed by atoms with E-state index in [1.807, 2.05) is 30.3 Å². The highest BCUT2D eigenvalue weighted by molar-refractivity contribution is 5.82. The Bertz CT molecular complexity index is 838. The molecule has 3 aromatic rings. The average molecular weight is 326 g/mol. The lowest BCUT2D eigenvalue weighted by Gasteiger charge is -2.10. The maximum Gasteiger partial charge on any atom is 0.276 e. The minimum atomic E-state index is -0.406. The molecule has 3 rings (SSSR count). The number of para-hydroxylation sites is 1. The number of hydrazine groups is 1. The van der Waals surface area contributed by atoms with E-state index in [4.69, 9.17) is 9.15 Å². The lowest BCUT2D eigenvalue weighted by molar-refractivity contribution is -0.123. The number of halogens is 1. The monoisotopic (exact) mass is 326 g/mol. The van der Waals surface area contributed by atoms with E-state index in [9.17, 15) is 9.18 Å². The van der Waals surface area contributed by atoms with Crippen LogP contribution in [-0.2, 0) is 4.79 Å². The summed E-state index contributed by atoms with van der Waals surface area (Å²) in [6, 6.07) is 14.8. The van der Waals surface area contributed by atoms with Gasteiger partial charge in [0, 0.05) is 5.39 Å². The van der Waals surface area contributed by atoms with Crippen molar-refractivity contribution in [3.63, 3.8) is 0 Å². The third-order valence-corrected chi connectivity index (χ3v) is 3.26. The Hall–Kier alpha value is -3.28. The standard InChI is InChI=1S/C18H15FN2O3/c1-12(17-10-13-4-2-3-5-16(13)24-17)20-21-18(22)11-23-15-8-6-14(19)7-9-15/h2-10,20H,1,11H2,(H,21,22). The Morgan fingerprint density at radius 3 is 2.62 bits per heavy atom. The van der Waals surface area contributed by atoms with Gasteiger partial charge in [-0.1, -0.05) is 24.8 Å². The first kappa shape index (κ1) is 15.6. The van der Waals surface area contributed by atoms with Gasteiger partial charge in [0.15, 0.2) is 12.4 Å². The average Bonchev–Trinajstić information content (AvgIpc) is 3.03. The number of hydrogen-bond donors (Lipinski definition) is 2. The van der Waals surface area contributed by atoms with Gasteiger partial charge < -0.3 is 9.15 Å². The second kappa shape index (κ2) is 6.87. The summed E-state index contributed by atoms with van der Waals surface area (Å²) < 4.78 is 23.6. The molecule has 1 amide bonds. The topological polar surface area (TPSA) is 63.5 Å². The van der Waals surface area contributed by atoms with Crippen molar-refractivity contribution in [1.82, 2.24) is 10.9 Å². The summed E-state index contributed by atoms with van der Waals surface area (Å²) in [4.78, 5) is 11.7. The Labute approximate surface area is 137 Å². The Morgan fingerprint density at radius 1 is 1.12 bits per heavy atom. The SMILES string of the molecule is C=C(NNC(=O)COc1ccc(F)cc1)c1cc2ccccc2o1. The molecular weight excluding hydrogens is 311 g/mol. The first-order chi connectivity index (χ1) is 11.6. The normalized spacial score (nSPS) is 10.4. The summed E-state index contributed by atoms with van der Waals surface area (Å²) >= 11 is 0. The van der Waals surface area contributed by atoms with E-state index in [-0.39, 0.29) is 12.4 Å². The lowest BCUT2D eigenvalue weighted by atomic mass is 10.2. The van der Waals surface area contributed by atoms with E-state index >= 15 is 0 Å². The number of benzene rings is 2. The summed E-state index contributed by atoms with van der Waals surface area (Å²) in [7, 11) is 0.